The molecule has 0 aromatic heterocycles. The van der Waals surface area contributed by atoms with Crippen LogP contribution in [0.25, 0.3) is 0 Å². The predicted octanol–water partition coefficient (Wildman–Crippen LogP) is 2.54. The van der Waals surface area contributed by atoms with Gasteiger partial charge in [0.25, 0.3) is 0 Å². The SMILES string of the molecule is O=C(OP(=O)([O-])OC(=O)c1ccccc1)c1ccccc1.[NH4+]. The van der Waals surface area contributed by atoms with Crippen LogP contribution in [0.5, 0.6) is 0 Å². The van der Waals surface area contributed by atoms with Crippen molar-refractivity contribution in [3.63, 3.8) is 0 Å². The Balaban J connectivity index is 0.00000242. The zero-order chi connectivity index (χ0) is 15.3. The van der Waals surface area contributed by atoms with Crippen LogP contribution in [-0.2, 0) is 13.6 Å². The van der Waals surface area contributed by atoms with Crippen molar-refractivity contribution in [2.75, 3.05) is 0 Å². The summed E-state index contributed by atoms with van der Waals surface area (Å²) in [6.07, 6.45) is 0. The van der Waals surface area contributed by atoms with E-state index in [9.17, 15) is 19.0 Å². The van der Waals surface area contributed by atoms with Gasteiger partial charge in [0.15, 0.2) is 0 Å². The number of quaternary nitrogens is 1. The van der Waals surface area contributed by atoms with E-state index in [1.54, 1.807) is 36.4 Å². The highest BCUT2D eigenvalue weighted by Gasteiger charge is 2.22. The van der Waals surface area contributed by atoms with E-state index in [2.05, 4.69) is 9.05 Å². The van der Waals surface area contributed by atoms with Crippen LogP contribution in [0.3, 0.4) is 0 Å². The molecule has 4 N–H and O–H groups in total. The maximum Gasteiger partial charge on any atom is 0.377 e. The summed E-state index contributed by atoms with van der Waals surface area (Å²) in [5.74, 6) is -2.23. The maximum absolute atomic E-state index is 11.6. The van der Waals surface area contributed by atoms with Gasteiger partial charge in [-0.25, -0.2) is 14.2 Å². The zero-order valence-electron chi connectivity index (χ0n) is 11.7. The smallest absolute Gasteiger partial charge is 0.377 e. The highest BCUT2D eigenvalue weighted by Crippen LogP contribution is 2.40. The second-order valence-corrected chi connectivity index (χ2v) is 5.20. The van der Waals surface area contributed by atoms with E-state index < -0.39 is 19.8 Å². The number of rotatable bonds is 4. The Kier molecular flexibility index (Phi) is 6.00. The number of benzene rings is 2. The molecule has 0 aliphatic heterocycles. The van der Waals surface area contributed by atoms with Crippen molar-refractivity contribution in [2.24, 2.45) is 0 Å². The molecule has 0 amide bonds. The molecule has 116 valence electrons. The molecule has 0 bridgehead atoms. The first-order valence-electron chi connectivity index (χ1n) is 5.87. The van der Waals surface area contributed by atoms with Crippen molar-refractivity contribution in [1.82, 2.24) is 6.15 Å². The van der Waals surface area contributed by atoms with Crippen molar-refractivity contribution >= 4 is 19.8 Å². The third kappa shape index (κ3) is 4.82. The van der Waals surface area contributed by atoms with Gasteiger partial charge in [-0.15, -0.1) is 0 Å². The molecule has 2 aromatic carbocycles. The molecule has 8 heteroatoms. The van der Waals surface area contributed by atoms with E-state index in [1.807, 2.05) is 0 Å². The quantitative estimate of drug-likeness (QED) is 0.861. The largest absolute Gasteiger partial charge is 0.736 e. The van der Waals surface area contributed by atoms with Crippen LogP contribution >= 0.6 is 7.82 Å². The fourth-order valence-electron chi connectivity index (χ4n) is 1.48. The number of carbonyl (C=O) groups is 2. The average molecular weight is 323 g/mol. The summed E-state index contributed by atoms with van der Waals surface area (Å²) in [4.78, 5) is 34.7. The number of phosphoric ester groups is 1. The fraction of sp³-hybridized carbons (Fsp3) is 0. The summed E-state index contributed by atoms with van der Waals surface area (Å²) in [7, 11) is -5.08. The van der Waals surface area contributed by atoms with Crippen LogP contribution in [-0.4, -0.2) is 11.9 Å². The van der Waals surface area contributed by atoms with Gasteiger partial charge in [-0.1, -0.05) is 36.4 Å². The van der Waals surface area contributed by atoms with E-state index in [0.717, 1.165) is 0 Å². The first-order chi connectivity index (χ1) is 9.98. The molecule has 22 heavy (non-hydrogen) atoms. The molecule has 0 aliphatic carbocycles. The Morgan fingerprint density at radius 3 is 1.41 bits per heavy atom. The van der Waals surface area contributed by atoms with Crippen LogP contribution in [0.4, 0.5) is 0 Å². The van der Waals surface area contributed by atoms with Gasteiger partial charge in [-0.3, -0.25) is 0 Å². The standard InChI is InChI=1S/C14H11O6P.H3N/c15-13(11-7-3-1-4-8-11)19-21(17,18)20-14(16)12-9-5-2-6-10-12;/h1-10H,(H,17,18);1H3. The van der Waals surface area contributed by atoms with Gasteiger partial charge in [0.05, 0.1) is 11.1 Å². The van der Waals surface area contributed by atoms with Crippen molar-refractivity contribution in [1.29, 1.82) is 0 Å². The Labute approximate surface area is 126 Å². The normalized spacial score (nSPS) is 10.2. The van der Waals surface area contributed by atoms with Crippen LogP contribution in [0.15, 0.2) is 60.7 Å². The maximum atomic E-state index is 11.6. The van der Waals surface area contributed by atoms with Crippen LogP contribution in [0, 0.1) is 0 Å². The lowest BCUT2D eigenvalue weighted by Crippen LogP contribution is -2.16. The Bertz CT molecular complexity index is 631. The monoisotopic (exact) mass is 323 g/mol. The van der Waals surface area contributed by atoms with Gasteiger partial charge in [0, 0.05) is 0 Å². The van der Waals surface area contributed by atoms with Gasteiger partial charge in [0.1, 0.15) is 0 Å². The number of hydrogen-bond acceptors (Lipinski definition) is 6. The number of phosphoric acid groups is 1. The van der Waals surface area contributed by atoms with Crippen LogP contribution < -0.4 is 11.0 Å². The highest BCUT2D eigenvalue weighted by atomic mass is 31.2. The van der Waals surface area contributed by atoms with Crippen molar-refractivity contribution in [2.45, 2.75) is 0 Å². The molecular formula is C14H14NO6P. The molecule has 0 unspecified atom stereocenters. The van der Waals surface area contributed by atoms with Gasteiger partial charge < -0.3 is 20.1 Å². The van der Waals surface area contributed by atoms with Crippen LogP contribution in [0.2, 0.25) is 0 Å². The van der Waals surface area contributed by atoms with Crippen LogP contribution in [0.1, 0.15) is 20.7 Å². The molecule has 0 fully saturated rings. The molecular weight excluding hydrogens is 309 g/mol. The van der Waals surface area contributed by atoms with E-state index in [4.69, 9.17) is 0 Å². The summed E-state index contributed by atoms with van der Waals surface area (Å²) in [5, 5.41) is 0. The minimum absolute atomic E-state index is 0. The van der Waals surface area contributed by atoms with Gasteiger partial charge >= 0.3 is 19.8 Å². The molecule has 0 aliphatic rings. The molecule has 2 aromatic rings. The second kappa shape index (κ2) is 7.51. The molecule has 0 saturated carbocycles. The second-order valence-electron chi connectivity index (χ2n) is 3.94. The van der Waals surface area contributed by atoms with Crippen molar-refractivity contribution < 1.29 is 28.1 Å². The van der Waals surface area contributed by atoms with Crippen molar-refractivity contribution in [3.8, 4) is 0 Å². The fourth-order valence-corrected chi connectivity index (χ4v) is 2.13. The summed E-state index contributed by atoms with van der Waals surface area (Å²) in [6.45, 7) is 0. The topological polar surface area (TPSA) is 129 Å². The molecule has 0 spiro atoms. The van der Waals surface area contributed by atoms with Crippen molar-refractivity contribution in [3.05, 3.63) is 71.8 Å². The first kappa shape index (κ1) is 17.6. The Morgan fingerprint density at radius 1 is 0.773 bits per heavy atom. The summed E-state index contributed by atoms with van der Waals surface area (Å²) in [6, 6.07) is 15.0. The molecule has 0 heterocycles. The molecule has 0 atom stereocenters. The van der Waals surface area contributed by atoms with E-state index in [0.29, 0.717) is 0 Å². The highest BCUT2D eigenvalue weighted by molar-refractivity contribution is 7.47. The van der Waals surface area contributed by atoms with Gasteiger partial charge in [0.2, 0.25) is 0 Å². The third-order valence-corrected chi connectivity index (χ3v) is 3.19. The van der Waals surface area contributed by atoms with Gasteiger partial charge in [-0.05, 0) is 24.3 Å². The first-order valence-corrected chi connectivity index (χ1v) is 7.33. The Hall–Kier alpha value is -2.47. The summed E-state index contributed by atoms with van der Waals surface area (Å²) >= 11 is 0. The Morgan fingerprint density at radius 2 is 1.09 bits per heavy atom. The lowest BCUT2D eigenvalue weighted by atomic mass is 10.2. The lowest BCUT2D eigenvalue weighted by Gasteiger charge is -2.21. The minimum atomic E-state index is -5.08. The summed E-state index contributed by atoms with van der Waals surface area (Å²) in [5.41, 5.74) is 0.0636. The predicted molar refractivity (Wildman–Crippen MR) is 77.3 cm³/mol. The number of carbonyl (C=O) groups excluding carboxylic acids is 2. The average Bonchev–Trinajstić information content (AvgIpc) is 2.48. The van der Waals surface area contributed by atoms with E-state index >= 15 is 0 Å². The molecule has 0 radical (unpaired) electrons. The van der Waals surface area contributed by atoms with E-state index in [-0.39, 0.29) is 17.3 Å². The molecule has 2 rings (SSSR count). The third-order valence-electron chi connectivity index (χ3n) is 2.41. The lowest BCUT2D eigenvalue weighted by molar-refractivity contribution is -0.214. The molecule has 0 saturated heterocycles. The zero-order valence-corrected chi connectivity index (χ0v) is 12.6. The molecule has 7 nitrogen and oxygen atoms in total. The minimum Gasteiger partial charge on any atom is -0.736 e. The number of hydrogen-bond donors (Lipinski definition) is 1. The van der Waals surface area contributed by atoms with E-state index in [1.165, 1.54) is 24.3 Å². The van der Waals surface area contributed by atoms with Gasteiger partial charge in [-0.2, -0.15) is 0 Å². The summed E-state index contributed by atoms with van der Waals surface area (Å²) < 4.78 is 20.0.